The summed E-state index contributed by atoms with van der Waals surface area (Å²) in [4.78, 5) is 36.7. The average Bonchev–Trinajstić information content (AvgIpc) is 3.50. The zero-order valence-corrected chi connectivity index (χ0v) is 21.9. The highest BCUT2D eigenvalue weighted by Crippen LogP contribution is 2.28. The first-order valence-electron chi connectivity index (χ1n) is 11.9. The number of imidazole rings is 1. The molecular weight excluding hydrogens is 500 g/mol. The minimum Gasteiger partial charge on any atom is -0.370 e. The maximum absolute atomic E-state index is 12.5. The van der Waals surface area contributed by atoms with Gasteiger partial charge >= 0.3 is 0 Å². The number of halogens is 1. The third-order valence-electron chi connectivity index (χ3n) is 6.49. The van der Waals surface area contributed by atoms with Crippen molar-refractivity contribution in [1.29, 1.82) is 0 Å². The molecule has 0 atom stereocenters. The number of amides is 2. The van der Waals surface area contributed by atoms with Crippen LogP contribution in [0.5, 0.6) is 0 Å². The van der Waals surface area contributed by atoms with Gasteiger partial charge in [0, 0.05) is 50.3 Å². The van der Waals surface area contributed by atoms with E-state index in [9.17, 15) is 9.59 Å². The van der Waals surface area contributed by atoms with Crippen LogP contribution in [0.25, 0.3) is 5.69 Å². The minimum absolute atomic E-state index is 0.0251. The van der Waals surface area contributed by atoms with E-state index in [0.29, 0.717) is 28.9 Å². The predicted octanol–water partition coefficient (Wildman–Crippen LogP) is 2.94. The fourth-order valence-corrected chi connectivity index (χ4v) is 5.44. The number of hydrogen-bond acceptors (Lipinski definition) is 7. The van der Waals surface area contributed by atoms with Gasteiger partial charge in [0.05, 0.1) is 28.1 Å². The summed E-state index contributed by atoms with van der Waals surface area (Å²) < 4.78 is 7.94. The van der Waals surface area contributed by atoms with E-state index < -0.39 is 0 Å². The molecule has 0 aliphatic carbocycles. The number of benzene rings is 1. The standard InChI is InChI=1S/C25H29ClN6O3S/c1-17-13-19(3-4-20(17)31-11-12-35-16-23(31)33)32-15-18(14-27-24(34)21-5-6-22(26)36-21)28-25(32)30-9-7-29(2)8-10-30/h3-6,13,15H,7-12,14,16H2,1-2H3,(H,27,34). The second-order valence-electron chi connectivity index (χ2n) is 9.05. The van der Waals surface area contributed by atoms with Gasteiger partial charge in [-0.25, -0.2) is 4.98 Å². The van der Waals surface area contributed by atoms with Gasteiger partial charge < -0.3 is 24.8 Å². The van der Waals surface area contributed by atoms with Crippen LogP contribution in [0, 0.1) is 6.92 Å². The van der Waals surface area contributed by atoms with Crippen LogP contribution >= 0.6 is 22.9 Å². The lowest BCUT2D eigenvalue weighted by atomic mass is 10.1. The summed E-state index contributed by atoms with van der Waals surface area (Å²) in [5.74, 6) is 0.655. The van der Waals surface area contributed by atoms with E-state index in [1.165, 1.54) is 11.3 Å². The topological polar surface area (TPSA) is 82.9 Å². The van der Waals surface area contributed by atoms with Crippen molar-refractivity contribution in [2.75, 3.05) is 62.8 Å². The minimum atomic E-state index is -0.169. The van der Waals surface area contributed by atoms with E-state index in [1.807, 2.05) is 25.3 Å². The summed E-state index contributed by atoms with van der Waals surface area (Å²) in [6.07, 6.45) is 1.98. The van der Waals surface area contributed by atoms with E-state index in [4.69, 9.17) is 21.3 Å². The molecule has 0 spiro atoms. The molecule has 2 aliphatic heterocycles. The SMILES string of the molecule is Cc1cc(-n2cc(CNC(=O)c3ccc(Cl)s3)nc2N2CCN(C)CC2)ccc1N1CCOCC1=O. The predicted molar refractivity (Wildman–Crippen MR) is 142 cm³/mol. The number of aryl methyl sites for hydroxylation is 1. The number of rotatable bonds is 6. The number of likely N-dealkylation sites (N-methyl/N-ethyl adjacent to an activating group) is 1. The normalized spacial score (nSPS) is 17.0. The fraction of sp³-hybridized carbons (Fsp3) is 0.400. The first-order valence-corrected chi connectivity index (χ1v) is 13.1. The van der Waals surface area contributed by atoms with Crippen molar-refractivity contribution in [3.63, 3.8) is 0 Å². The summed E-state index contributed by atoms with van der Waals surface area (Å²) in [6, 6.07) is 9.53. The Balaban J connectivity index is 1.42. The number of thiophene rings is 1. The van der Waals surface area contributed by atoms with Gasteiger partial charge in [0.15, 0.2) is 0 Å². The van der Waals surface area contributed by atoms with E-state index >= 15 is 0 Å². The highest BCUT2D eigenvalue weighted by atomic mass is 35.5. The molecule has 2 aromatic heterocycles. The first kappa shape index (κ1) is 24.8. The summed E-state index contributed by atoms with van der Waals surface area (Å²) in [5.41, 5.74) is 3.63. The highest BCUT2D eigenvalue weighted by Gasteiger charge is 2.24. The summed E-state index contributed by atoms with van der Waals surface area (Å²) in [6.45, 7) is 7.17. The lowest BCUT2D eigenvalue weighted by molar-refractivity contribution is -0.125. The molecule has 9 nitrogen and oxygen atoms in total. The summed E-state index contributed by atoms with van der Waals surface area (Å²) in [5, 5.41) is 2.95. The van der Waals surface area contributed by atoms with Crippen molar-refractivity contribution in [3.8, 4) is 5.69 Å². The monoisotopic (exact) mass is 528 g/mol. The Bertz CT molecular complexity index is 1270. The zero-order chi connectivity index (χ0) is 25.2. The molecule has 11 heteroatoms. The van der Waals surface area contributed by atoms with Gasteiger partial charge in [-0.15, -0.1) is 11.3 Å². The van der Waals surface area contributed by atoms with Crippen molar-refractivity contribution in [2.24, 2.45) is 0 Å². The third kappa shape index (κ3) is 5.27. The zero-order valence-electron chi connectivity index (χ0n) is 20.4. The smallest absolute Gasteiger partial charge is 0.261 e. The van der Waals surface area contributed by atoms with E-state index in [0.717, 1.165) is 54.8 Å². The lowest BCUT2D eigenvalue weighted by Gasteiger charge is -2.33. The number of morpholine rings is 1. The molecule has 2 amide bonds. The molecule has 1 aromatic carbocycles. The molecule has 4 heterocycles. The molecule has 190 valence electrons. The maximum Gasteiger partial charge on any atom is 0.261 e. The maximum atomic E-state index is 12.5. The van der Waals surface area contributed by atoms with Gasteiger partial charge in [0.25, 0.3) is 11.8 Å². The van der Waals surface area contributed by atoms with Gasteiger partial charge in [0.1, 0.15) is 6.61 Å². The van der Waals surface area contributed by atoms with Gasteiger partial charge in [-0.2, -0.15) is 0 Å². The Morgan fingerprint density at radius 2 is 1.97 bits per heavy atom. The number of piperazine rings is 1. The quantitative estimate of drug-likeness (QED) is 0.530. The second-order valence-corrected chi connectivity index (χ2v) is 10.8. The Labute approximate surface area is 219 Å². The molecule has 2 fully saturated rings. The molecule has 3 aromatic rings. The fourth-order valence-electron chi connectivity index (χ4n) is 4.48. The number of ether oxygens (including phenoxy) is 1. The number of anilines is 2. The van der Waals surface area contributed by atoms with Gasteiger partial charge in [-0.1, -0.05) is 11.6 Å². The number of nitrogens with one attached hydrogen (secondary N) is 1. The number of hydrogen-bond donors (Lipinski definition) is 1. The Morgan fingerprint density at radius 3 is 2.67 bits per heavy atom. The molecular formula is C25H29ClN6O3S. The van der Waals surface area contributed by atoms with Crippen molar-refractivity contribution in [3.05, 3.63) is 57.0 Å². The molecule has 0 unspecified atom stereocenters. The highest BCUT2D eigenvalue weighted by molar-refractivity contribution is 7.18. The number of carbonyl (C=O) groups is 2. The molecule has 1 N–H and O–H groups in total. The van der Waals surface area contributed by atoms with Gasteiger partial charge in [-0.05, 0) is 49.9 Å². The van der Waals surface area contributed by atoms with Crippen LogP contribution < -0.4 is 15.1 Å². The largest absolute Gasteiger partial charge is 0.370 e. The molecule has 0 saturated carbocycles. The van der Waals surface area contributed by atoms with E-state index in [-0.39, 0.29) is 18.4 Å². The molecule has 36 heavy (non-hydrogen) atoms. The Kier molecular flexibility index (Phi) is 7.29. The summed E-state index contributed by atoms with van der Waals surface area (Å²) >= 11 is 7.23. The van der Waals surface area contributed by atoms with Crippen molar-refractivity contribution >= 4 is 46.4 Å². The van der Waals surface area contributed by atoms with Crippen LogP contribution in [-0.4, -0.2) is 79.3 Å². The van der Waals surface area contributed by atoms with Crippen molar-refractivity contribution < 1.29 is 14.3 Å². The molecule has 0 bridgehead atoms. The van der Waals surface area contributed by atoms with Crippen LogP contribution in [0.1, 0.15) is 20.9 Å². The Hall–Kier alpha value is -2.92. The first-order chi connectivity index (χ1) is 17.4. The second kappa shape index (κ2) is 10.6. The van der Waals surface area contributed by atoms with Crippen LogP contribution in [0.15, 0.2) is 36.5 Å². The van der Waals surface area contributed by atoms with Crippen LogP contribution in [0.3, 0.4) is 0 Å². The Morgan fingerprint density at radius 1 is 1.17 bits per heavy atom. The van der Waals surface area contributed by atoms with Crippen molar-refractivity contribution in [1.82, 2.24) is 19.8 Å². The molecule has 5 rings (SSSR count). The molecule has 2 saturated heterocycles. The van der Waals surface area contributed by atoms with Crippen LogP contribution in [-0.2, 0) is 16.1 Å². The van der Waals surface area contributed by atoms with E-state index in [2.05, 4.69) is 32.8 Å². The van der Waals surface area contributed by atoms with E-state index in [1.54, 1.807) is 17.0 Å². The number of carbonyl (C=O) groups excluding carboxylic acids is 2. The van der Waals surface area contributed by atoms with Crippen molar-refractivity contribution in [2.45, 2.75) is 13.5 Å². The number of nitrogens with zero attached hydrogens (tertiary/aromatic N) is 5. The van der Waals surface area contributed by atoms with Crippen LogP contribution in [0.2, 0.25) is 4.34 Å². The lowest BCUT2D eigenvalue weighted by Crippen LogP contribution is -2.45. The van der Waals surface area contributed by atoms with Crippen LogP contribution in [0.4, 0.5) is 11.6 Å². The van der Waals surface area contributed by atoms with Gasteiger partial charge in [-0.3, -0.25) is 14.2 Å². The molecule has 0 radical (unpaired) electrons. The summed E-state index contributed by atoms with van der Waals surface area (Å²) in [7, 11) is 2.12. The number of aromatic nitrogens is 2. The van der Waals surface area contributed by atoms with Gasteiger partial charge in [0.2, 0.25) is 5.95 Å². The average molecular weight is 529 g/mol. The third-order valence-corrected chi connectivity index (χ3v) is 7.72. The molecule has 2 aliphatic rings.